The minimum Gasteiger partial charge on any atom is -0.0956 e. The van der Waals surface area contributed by atoms with E-state index < -0.39 is 0 Å². The smallest absolute Gasteiger partial charge is 0.0610 e. The summed E-state index contributed by atoms with van der Waals surface area (Å²) in [5.41, 5.74) is 0. The van der Waals surface area contributed by atoms with Crippen LogP contribution in [0.1, 0.15) is 6.92 Å². The lowest BCUT2D eigenvalue weighted by molar-refractivity contribution is 0.541. The van der Waals surface area contributed by atoms with Crippen molar-refractivity contribution < 1.29 is 4.48 Å². The first-order chi connectivity index (χ1) is 3.27. The van der Waals surface area contributed by atoms with Crippen LogP contribution in [0.4, 0.5) is 4.48 Å². The zero-order valence-electron chi connectivity index (χ0n) is 3.86. The van der Waals surface area contributed by atoms with Gasteiger partial charge in [-0.2, -0.15) is 0 Å². The van der Waals surface area contributed by atoms with E-state index in [4.69, 9.17) is 11.6 Å². The van der Waals surface area contributed by atoms with E-state index in [-0.39, 0.29) is 0 Å². The van der Waals surface area contributed by atoms with Gasteiger partial charge in [-0.15, -0.1) is 0 Å². The molecule has 0 aliphatic heterocycles. The maximum absolute atomic E-state index is 10.8. The normalized spacial score (nSPS) is 13.3. The van der Waals surface area contributed by atoms with Crippen LogP contribution in [-0.4, -0.2) is 6.21 Å². The molecule has 0 aromatic carbocycles. The van der Waals surface area contributed by atoms with Crippen molar-refractivity contribution in [3.05, 3.63) is 11.1 Å². The van der Waals surface area contributed by atoms with Gasteiger partial charge in [-0.1, -0.05) is 21.3 Å². The molecule has 0 radical (unpaired) electrons. The quantitative estimate of drug-likeness (QED) is 0.471. The van der Waals surface area contributed by atoms with Crippen LogP contribution in [0.2, 0.25) is 0 Å². The van der Waals surface area contributed by atoms with Gasteiger partial charge in [0.25, 0.3) is 0 Å². The predicted octanol–water partition coefficient (Wildman–Crippen LogP) is 2.08. The van der Waals surface area contributed by atoms with Crippen LogP contribution < -0.4 is 0 Å². The molecule has 0 bridgehead atoms. The zero-order valence-corrected chi connectivity index (χ0v) is 4.61. The summed E-state index contributed by atoms with van der Waals surface area (Å²) in [4.78, 5) is 0. The minimum absolute atomic E-state index is 0.515. The topological polar surface area (TPSA) is 12.4 Å². The third-order valence-electron chi connectivity index (χ3n) is 0.361. The van der Waals surface area contributed by atoms with Crippen molar-refractivity contribution in [2.45, 2.75) is 6.92 Å². The van der Waals surface area contributed by atoms with Gasteiger partial charge in [0, 0.05) is 5.03 Å². The van der Waals surface area contributed by atoms with Crippen molar-refractivity contribution >= 4 is 17.8 Å². The molecule has 0 unspecified atom stereocenters. The Morgan fingerprint density at radius 1 is 1.86 bits per heavy atom. The first-order valence-electron chi connectivity index (χ1n) is 1.74. The van der Waals surface area contributed by atoms with Crippen LogP contribution in [0.25, 0.3) is 0 Å². The van der Waals surface area contributed by atoms with E-state index in [9.17, 15) is 4.48 Å². The molecule has 0 aliphatic carbocycles. The van der Waals surface area contributed by atoms with Crippen LogP contribution in [-0.2, 0) is 0 Å². The fourth-order valence-corrected chi connectivity index (χ4v) is 0.187. The molecular weight excluding hydrogens is 117 g/mol. The third-order valence-corrected chi connectivity index (χ3v) is 0.487. The third kappa shape index (κ3) is 5.63. The molecule has 0 heterocycles. The highest BCUT2D eigenvalue weighted by Crippen LogP contribution is 1.94. The fraction of sp³-hybridized carbons (Fsp3) is 0.250. The maximum atomic E-state index is 10.8. The number of hydrogen-bond acceptors (Lipinski definition) is 1. The maximum Gasteiger partial charge on any atom is 0.0610 e. The summed E-state index contributed by atoms with van der Waals surface area (Å²) < 4.78 is 10.8. The first-order valence-corrected chi connectivity index (χ1v) is 2.12. The highest BCUT2D eigenvalue weighted by Gasteiger charge is 1.70. The van der Waals surface area contributed by atoms with Gasteiger partial charge in [0.1, 0.15) is 0 Å². The van der Waals surface area contributed by atoms with Crippen molar-refractivity contribution in [1.29, 1.82) is 0 Å². The number of hydrogen-bond donors (Lipinski definition) is 0. The highest BCUT2D eigenvalue weighted by molar-refractivity contribution is 6.30. The Labute approximate surface area is 46.4 Å². The van der Waals surface area contributed by atoms with Gasteiger partial charge in [-0.05, 0) is 13.0 Å². The summed E-state index contributed by atoms with van der Waals surface area (Å²) in [5, 5.41) is 2.71. The molecule has 0 fully saturated rings. The van der Waals surface area contributed by atoms with Gasteiger partial charge in [0.05, 0.1) is 6.21 Å². The fourth-order valence-electron chi connectivity index (χ4n) is 0.131. The minimum atomic E-state index is 0.515. The molecule has 0 spiro atoms. The second kappa shape index (κ2) is 3.81. The standard InChI is InChI=1S/C4H5ClFN/c1-4(5)2-3-7-6/h2-3H,1H3/b4-2+,7-3-. The van der Waals surface area contributed by atoms with E-state index >= 15 is 0 Å². The largest absolute Gasteiger partial charge is 0.0956 e. The van der Waals surface area contributed by atoms with Crippen LogP contribution >= 0.6 is 11.6 Å². The summed E-state index contributed by atoms with van der Waals surface area (Å²) in [6.45, 7) is 1.64. The molecule has 0 saturated heterocycles. The predicted molar refractivity (Wildman–Crippen MR) is 29.2 cm³/mol. The van der Waals surface area contributed by atoms with E-state index in [0.717, 1.165) is 6.21 Å². The molecule has 0 aromatic rings. The second-order valence-corrected chi connectivity index (χ2v) is 1.60. The number of rotatable bonds is 1. The number of halogens is 2. The van der Waals surface area contributed by atoms with Gasteiger partial charge in [-0.3, -0.25) is 0 Å². The molecule has 0 aromatic heterocycles. The summed E-state index contributed by atoms with van der Waals surface area (Å²) in [6, 6.07) is 0. The Hall–Kier alpha value is -0.370. The lowest BCUT2D eigenvalue weighted by Gasteiger charge is -1.72. The molecule has 0 rings (SSSR count). The van der Waals surface area contributed by atoms with Crippen LogP contribution in [0.15, 0.2) is 16.3 Å². The molecule has 1 nitrogen and oxygen atoms in total. The molecule has 0 saturated carbocycles. The Morgan fingerprint density at radius 3 is 2.57 bits per heavy atom. The Morgan fingerprint density at radius 2 is 2.43 bits per heavy atom. The SMILES string of the molecule is C/C(Cl)=C\C=N/F. The molecule has 40 valence electrons. The Balaban J connectivity index is 3.46. The molecule has 0 N–H and O–H groups in total. The van der Waals surface area contributed by atoms with Gasteiger partial charge in [0.15, 0.2) is 0 Å². The van der Waals surface area contributed by atoms with Crippen LogP contribution in [0.3, 0.4) is 0 Å². The van der Waals surface area contributed by atoms with E-state index in [0.29, 0.717) is 5.03 Å². The average Bonchev–Trinajstić information content (AvgIpc) is 1.61. The monoisotopic (exact) mass is 121 g/mol. The molecule has 3 heteroatoms. The highest BCUT2D eigenvalue weighted by atomic mass is 35.5. The van der Waals surface area contributed by atoms with Crippen LogP contribution in [0, 0.1) is 0 Å². The zero-order chi connectivity index (χ0) is 5.70. The summed E-state index contributed by atoms with van der Waals surface area (Å²) in [5.74, 6) is 0. The lowest BCUT2D eigenvalue weighted by Crippen LogP contribution is -1.60. The molecular formula is C4H5ClFN. The number of allylic oxidation sites excluding steroid dienone is 2. The Bertz CT molecular complexity index is 93.9. The molecule has 0 amide bonds. The van der Waals surface area contributed by atoms with E-state index in [2.05, 4.69) is 5.21 Å². The lowest BCUT2D eigenvalue weighted by atomic mass is 10.6. The van der Waals surface area contributed by atoms with E-state index in [1.807, 2.05) is 0 Å². The van der Waals surface area contributed by atoms with Crippen molar-refractivity contribution in [2.24, 2.45) is 5.21 Å². The van der Waals surface area contributed by atoms with Crippen molar-refractivity contribution in [1.82, 2.24) is 0 Å². The van der Waals surface area contributed by atoms with Crippen molar-refractivity contribution in [3.8, 4) is 0 Å². The van der Waals surface area contributed by atoms with Gasteiger partial charge < -0.3 is 0 Å². The second-order valence-electron chi connectivity index (χ2n) is 1.00. The van der Waals surface area contributed by atoms with Crippen molar-refractivity contribution in [3.63, 3.8) is 0 Å². The molecule has 0 aliphatic rings. The number of nitrogens with zero attached hydrogens (tertiary/aromatic N) is 1. The van der Waals surface area contributed by atoms with Gasteiger partial charge in [-0.25, -0.2) is 0 Å². The van der Waals surface area contributed by atoms with Gasteiger partial charge in [0.2, 0.25) is 0 Å². The van der Waals surface area contributed by atoms with Gasteiger partial charge >= 0.3 is 0 Å². The summed E-state index contributed by atoms with van der Waals surface area (Å²) >= 11 is 5.26. The molecule has 0 atom stereocenters. The summed E-state index contributed by atoms with van der Waals surface area (Å²) in [7, 11) is 0. The van der Waals surface area contributed by atoms with E-state index in [1.165, 1.54) is 6.08 Å². The first kappa shape index (κ1) is 6.63. The Kier molecular flexibility index (Phi) is 3.61. The van der Waals surface area contributed by atoms with Crippen molar-refractivity contribution in [2.75, 3.05) is 0 Å². The summed E-state index contributed by atoms with van der Waals surface area (Å²) in [6.07, 6.45) is 2.35. The van der Waals surface area contributed by atoms with E-state index in [1.54, 1.807) is 6.92 Å². The molecule has 7 heavy (non-hydrogen) atoms. The van der Waals surface area contributed by atoms with Crippen LogP contribution in [0.5, 0.6) is 0 Å². The average molecular weight is 122 g/mol.